The molecule has 0 atom stereocenters. The van der Waals surface area contributed by atoms with Gasteiger partial charge in [0.05, 0.1) is 6.54 Å². The molecule has 0 fully saturated rings. The van der Waals surface area contributed by atoms with Crippen LogP contribution in [0.15, 0.2) is 24.3 Å². The molecule has 6 heteroatoms. The Bertz CT molecular complexity index is 480. The summed E-state index contributed by atoms with van der Waals surface area (Å²) >= 11 is 0. The van der Waals surface area contributed by atoms with Crippen molar-refractivity contribution >= 4 is 11.5 Å². The normalized spacial score (nSPS) is 10.1. The van der Waals surface area contributed by atoms with Crippen LogP contribution < -0.4 is 5.32 Å². The molecule has 1 aromatic carbocycles. The van der Waals surface area contributed by atoms with E-state index in [-0.39, 0.29) is 5.78 Å². The largest absolute Gasteiger partial charge is 0.378 e. The molecule has 0 spiro atoms. The lowest BCUT2D eigenvalue weighted by molar-refractivity contribution is 0.101. The van der Waals surface area contributed by atoms with Gasteiger partial charge in [0.15, 0.2) is 11.6 Å². The van der Waals surface area contributed by atoms with Gasteiger partial charge in [-0.15, -0.1) is 10.2 Å². The van der Waals surface area contributed by atoms with Crippen LogP contribution in [0.5, 0.6) is 0 Å². The van der Waals surface area contributed by atoms with E-state index in [1.54, 1.807) is 12.1 Å². The highest BCUT2D eigenvalue weighted by atomic mass is 16.1. The van der Waals surface area contributed by atoms with E-state index in [1.807, 2.05) is 12.1 Å². The summed E-state index contributed by atoms with van der Waals surface area (Å²) in [5, 5.41) is 16.6. The Morgan fingerprint density at radius 1 is 1.50 bits per heavy atom. The van der Waals surface area contributed by atoms with Crippen LogP contribution in [0.1, 0.15) is 23.1 Å². The van der Waals surface area contributed by atoms with Crippen LogP contribution in [0.2, 0.25) is 0 Å². The first-order valence-electron chi connectivity index (χ1n) is 4.83. The molecule has 0 radical (unpaired) electrons. The average molecular weight is 217 g/mol. The molecule has 0 aliphatic carbocycles. The first kappa shape index (κ1) is 10.3. The summed E-state index contributed by atoms with van der Waals surface area (Å²) in [7, 11) is 0. The molecule has 1 heterocycles. The van der Waals surface area contributed by atoms with Crippen LogP contribution in [0.25, 0.3) is 0 Å². The van der Waals surface area contributed by atoms with Crippen LogP contribution in [-0.2, 0) is 6.54 Å². The lowest BCUT2D eigenvalue weighted by Gasteiger charge is -2.04. The van der Waals surface area contributed by atoms with Gasteiger partial charge >= 0.3 is 0 Å². The molecule has 0 amide bonds. The van der Waals surface area contributed by atoms with Gasteiger partial charge < -0.3 is 5.32 Å². The number of aromatic nitrogens is 4. The van der Waals surface area contributed by atoms with Crippen molar-refractivity contribution in [3.63, 3.8) is 0 Å². The topological polar surface area (TPSA) is 83.6 Å². The number of hydrogen-bond acceptors (Lipinski definition) is 5. The van der Waals surface area contributed by atoms with Crippen molar-refractivity contribution < 1.29 is 4.79 Å². The minimum atomic E-state index is 0.0446. The summed E-state index contributed by atoms with van der Waals surface area (Å²) in [6.45, 7) is 2.01. The fraction of sp³-hybridized carbons (Fsp3) is 0.200. The van der Waals surface area contributed by atoms with Gasteiger partial charge in [-0.1, -0.05) is 17.3 Å². The first-order valence-corrected chi connectivity index (χ1v) is 4.83. The van der Waals surface area contributed by atoms with Crippen molar-refractivity contribution in [2.24, 2.45) is 0 Å². The van der Waals surface area contributed by atoms with Crippen LogP contribution in [0, 0.1) is 0 Å². The summed E-state index contributed by atoms with van der Waals surface area (Å²) in [6, 6.07) is 7.28. The predicted octanol–water partition coefficient (Wildman–Crippen LogP) is 1.01. The van der Waals surface area contributed by atoms with Gasteiger partial charge in [0.25, 0.3) is 0 Å². The number of rotatable bonds is 4. The number of benzene rings is 1. The van der Waals surface area contributed by atoms with Gasteiger partial charge in [-0.05, 0) is 19.1 Å². The Morgan fingerprint density at radius 3 is 3.06 bits per heavy atom. The Labute approximate surface area is 92.1 Å². The zero-order valence-electron chi connectivity index (χ0n) is 8.77. The third kappa shape index (κ3) is 2.41. The molecule has 16 heavy (non-hydrogen) atoms. The molecule has 0 aliphatic heterocycles. The van der Waals surface area contributed by atoms with Crippen LogP contribution >= 0.6 is 0 Å². The summed E-state index contributed by atoms with van der Waals surface area (Å²) in [5.74, 6) is 0.622. The summed E-state index contributed by atoms with van der Waals surface area (Å²) in [6.07, 6.45) is 0. The quantitative estimate of drug-likeness (QED) is 0.747. The summed E-state index contributed by atoms with van der Waals surface area (Å²) < 4.78 is 0. The first-order chi connectivity index (χ1) is 7.75. The van der Waals surface area contributed by atoms with E-state index >= 15 is 0 Å². The third-order valence-corrected chi connectivity index (χ3v) is 2.11. The smallest absolute Gasteiger partial charge is 0.193 e. The molecule has 2 rings (SSSR count). The van der Waals surface area contributed by atoms with E-state index in [4.69, 9.17) is 0 Å². The van der Waals surface area contributed by atoms with Crippen molar-refractivity contribution in [3.05, 3.63) is 35.7 Å². The van der Waals surface area contributed by atoms with E-state index in [2.05, 4.69) is 25.9 Å². The molecular formula is C10H11N5O. The molecular weight excluding hydrogens is 206 g/mol. The number of aromatic amines is 1. The number of carbonyl (C=O) groups excluding carboxylic acids is 1. The lowest BCUT2D eigenvalue weighted by Crippen LogP contribution is -2.02. The van der Waals surface area contributed by atoms with Crippen molar-refractivity contribution in [2.45, 2.75) is 13.5 Å². The molecule has 0 aliphatic rings. The highest BCUT2D eigenvalue weighted by molar-refractivity contribution is 5.94. The van der Waals surface area contributed by atoms with Gasteiger partial charge in [-0.2, -0.15) is 5.21 Å². The van der Waals surface area contributed by atoms with Gasteiger partial charge in [-0.3, -0.25) is 4.79 Å². The Morgan fingerprint density at radius 2 is 2.38 bits per heavy atom. The second-order valence-electron chi connectivity index (χ2n) is 3.32. The van der Waals surface area contributed by atoms with Gasteiger partial charge in [0, 0.05) is 11.3 Å². The van der Waals surface area contributed by atoms with Gasteiger partial charge in [0.1, 0.15) is 0 Å². The molecule has 2 aromatic rings. The SMILES string of the molecule is CC(=O)c1cccc(NCc2nn[nH]n2)c1. The predicted molar refractivity (Wildman–Crippen MR) is 58.0 cm³/mol. The van der Waals surface area contributed by atoms with Crippen LogP contribution in [-0.4, -0.2) is 26.4 Å². The third-order valence-electron chi connectivity index (χ3n) is 2.11. The summed E-state index contributed by atoms with van der Waals surface area (Å²) in [5.41, 5.74) is 1.54. The maximum atomic E-state index is 11.2. The molecule has 0 unspecified atom stereocenters. The number of tetrazole rings is 1. The fourth-order valence-electron chi connectivity index (χ4n) is 1.29. The van der Waals surface area contributed by atoms with Gasteiger partial charge in [-0.25, -0.2) is 0 Å². The zero-order valence-corrected chi connectivity index (χ0v) is 8.77. The number of nitrogens with zero attached hydrogens (tertiary/aromatic N) is 3. The molecule has 0 bridgehead atoms. The Balaban J connectivity index is 2.04. The van der Waals surface area contributed by atoms with Crippen LogP contribution in [0.4, 0.5) is 5.69 Å². The highest BCUT2D eigenvalue weighted by Crippen LogP contribution is 2.11. The second kappa shape index (κ2) is 4.52. The van der Waals surface area contributed by atoms with E-state index in [0.717, 1.165) is 5.69 Å². The lowest BCUT2D eigenvalue weighted by atomic mass is 10.1. The fourth-order valence-corrected chi connectivity index (χ4v) is 1.29. The summed E-state index contributed by atoms with van der Waals surface area (Å²) in [4.78, 5) is 11.2. The Hall–Kier alpha value is -2.24. The Kier molecular flexibility index (Phi) is 2.90. The number of ketones is 1. The van der Waals surface area contributed by atoms with Crippen molar-refractivity contribution in [3.8, 4) is 0 Å². The van der Waals surface area contributed by atoms with E-state index < -0.39 is 0 Å². The standard InChI is InChI=1S/C10H11N5O/c1-7(16)8-3-2-4-9(5-8)11-6-10-12-14-15-13-10/h2-5,11H,6H2,1H3,(H,12,13,14,15). The number of Topliss-reactive ketones (excluding diaryl/α,β-unsaturated/α-hetero) is 1. The molecule has 0 saturated heterocycles. The van der Waals surface area contributed by atoms with E-state index in [1.165, 1.54) is 6.92 Å². The number of anilines is 1. The number of nitrogens with one attached hydrogen (secondary N) is 2. The minimum Gasteiger partial charge on any atom is -0.378 e. The molecule has 1 aromatic heterocycles. The maximum Gasteiger partial charge on any atom is 0.193 e. The number of hydrogen-bond donors (Lipinski definition) is 2. The van der Waals surface area contributed by atoms with E-state index in [9.17, 15) is 4.79 Å². The van der Waals surface area contributed by atoms with Crippen molar-refractivity contribution in [1.82, 2.24) is 20.6 Å². The number of H-pyrrole nitrogens is 1. The molecule has 2 N–H and O–H groups in total. The molecule has 6 nitrogen and oxygen atoms in total. The number of carbonyl (C=O) groups is 1. The second-order valence-corrected chi connectivity index (χ2v) is 3.32. The van der Waals surface area contributed by atoms with Crippen LogP contribution in [0.3, 0.4) is 0 Å². The molecule has 82 valence electrons. The van der Waals surface area contributed by atoms with Crippen molar-refractivity contribution in [1.29, 1.82) is 0 Å². The minimum absolute atomic E-state index is 0.0446. The maximum absolute atomic E-state index is 11.2. The average Bonchev–Trinajstić information content (AvgIpc) is 2.79. The monoisotopic (exact) mass is 217 g/mol. The zero-order chi connectivity index (χ0) is 11.4. The van der Waals surface area contributed by atoms with E-state index in [0.29, 0.717) is 17.9 Å². The molecule has 0 saturated carbocycles. The highest BCUT2D eigenvalue weighted by Gasteiger charge is 2.01. The van der Waals surface area contributed by atoms with Gasteiger partial charge in [0.2, 0.25) is 0 Å². The van der Waals surface area contributed by atoms with Crippen molar-refractivity contribution in [2.75, 3.05) is 5.32 Å².